The highest BCUT2D eigenvalue weighted by Gasteiger charge is 2.05. The van der Waals surface area contributed by atoms with Gasteiger partial charge < -0.3 is 9.64 Å². The smallest absolute Gasteiger partial charge is 0.224 e. The molecule has 1 aromatic carbocycles. The maximum atomic E-state index is 5.77. The predicted molar refractivity (Wildman–Crippen MR) is 72.1 cm³/mol. The molecule has 0 aliphatic rings. The normalized spacial score (nSPS) is 10.2. The van der Waals surface area contributed by atoms with Crippen LogP contribution in [-0.4, -0.2) is 24.1 Å². The molecule has 1 aromatic heterocycles. The van der Waals surface area contributed by atoms with E-state index in [1.54, 1.807) is 13.3 Å². The molecule has 0 spiro atoms. The number of hydrogen-bond donors (Lipinski definition) is 0. The largest absolute Gasteiger partial charge is 0.497 e. The van der Waals surface area contributed by atoms with E-state index >= 15 is 0 Å². The molecule has 0 unspecified atom stereocenters. The lowest BCUT2D eigenvalue weighted by Gasteiger charge is -2.18. The van der Waals surface area contributed by atoms with E-state index < -0.39 is 0 Å². The van der Waals surface area contributed by atoms with Crippen molar-refractivity contribution in [3.05, 3.63) is 47.4 Å². The molecule has 2 rings (SSSR count). The summed E-state index contributed by atoms with van der Waals surface area (Å²) in [6.07, 6.45) is 1.65. The summed E-state index contributed by atoms with van der Waals surface area (Å²) in [7, 11) is 3.62. The fraction of sp³-hybridized carbons (Fsp3) is 0.231. The lowest BCUT2D eigenvalue weighted by Crippen LogP contribution is -2.17. The second-order valence-electron chi connectivity index (χ2n) is 3.89. The molecule has 5 heteroatoms. The van der Waals surface area contributed by atoms with Crippen LogP contribution in [0.5, 0.6) is 5.75 Å². The van der Waals surface area contributed by atoms with Crippen LogP contribution < -0.4 is 9.64 Å². The molecule has 0 amide bonds. The van der Waals surface area contributed by atoms with Gasteiger partial charge in [-0.15, -0.1) is 0 Å². The third kappa shape index (κ3) is 3.11. The Labute approximate surface area is 111 Å². The van der Waals surface area contributed by atoms with E-state index in [1.165, 1.54) is 0 Å². The van der Waals surface area contributed by atoms with Crippen molar-refractivity contribution in [2.45, 2.75) is 6.54 Å². The minimum Gasteiger partial charge on any atom is -0.497 e. The number of anilines is 1. The van der Waals surface area contributed by atoms with Crippen LogP contribution in [0, 0.1) is 0 Å². The third-order valence-corrected chi connectivity index (χ3v) is 2.74. The SMILES string of the molecule is COc1cccc(CN(C)c2ccnc(Cl)n2)c1. The monoisotopic (exact) mass is 263 g/mol. The van der Waals surface area contributed by atoms with Gasteiger partial charge in [-0.2, -0.15) is 0 Å². The van der Waals surface area contributed by atoms with Gasteiger partial charge in [0.05, 0.1) is 7.11 Å². The van der Waals surface area contributed by atoms with Crippen molar-refractivity contribution in [3.8, 4) is 5.75 Å². The van der Waals surface area contributed by atoms with Crippen molar-refractivity contribution < 1.29 is 4.74 Å². The second kappa shape index (κ2) is 5.69. The van der Waals surface area contributed by atoms with Crippen LogP contribution in [-0.2, 0) is 6.54 Å². The molecule has 0 saturated heterocycles. The summed E-state index contributed by atoms with van der Waals surface area (Å²) < 4.78 is 5.20. The van der Waals surface area contributed by atoms with Crippen molar-refractivity contribution in [2.24, 2.45) is 0 Å². The van der Waals surface area contributed by atoms with Gasteiger partial charge >= 0.3 is 0 Å². The summed E-state index contributed by atoms with van der Waals surface area (Å²) >= 11 is 5.77. The molecule has 0 aliphatic heterocycles. The van der Waals surface area contributed by atoms with Crippen LogP contribution in [0.15, 0.2) is 36.5 Å². The fourth-order valence-corrected chi connectivity index (χ4v) is 1.81. The molecule has 0 saturated carbocycles. The standard InChI is InChI=1S/C13H14ClN3O/c1-17(12-6-7-15-13(14)16-12)9-10-4-3-5-11(8-10)18-2/h3-8H,9H2,1-2H3. The molecule has 0 radical (unpaired) electrons. The Morgan fingerprint density at radius 2 is 2.17 bits per heavy atom. The molecular weight excluding hydrogens is 250 g/mol. The van der Waals surface area contributed by atoms with Crippen molar-refractivity contribution in [1.29, 1.82) is 0 Å². The molecular formula is C13H14ClN3O. The topological polar surface area (TPSA) is 38.2 Å². The molecule has 0 bridgehead atoms. The fourth-order valence-electron chi connectivity index (χ4n) is 1.66. The van der Waals surface area contributed by atoms with Gasteiger partial charge in [0.15, 0.2) is 0 Å². The van der Waals surface area contributed by atoms with E-state index in [0.29, 0.717) is 0 Å². The van der Waals surface area contributed by atoms with Crippen molar-refractivity contribution in [3.63, 3.8) is 0 Å². The highest BCUT2D eigenvalue weighted by Crippen LogP contribution is 2.17. The molecule has 0 fully saturated rings. The summed E-state index contributed by atoms with van der Waals surface area (Å²) in [6, 6.07) is 9.76. The number of aromatic nitrogens is 2. The van der Waals surface area contributed by atoms with Crippen LogP contribution in [0.25, 0.3) is 0 Å². The highest BCUT2D eigenvalue weighted by atomic mass is 35.5. The van der Waals surface area contributed by atoms with E-state index in [4.69, 9.17) is 16.3 Å². The van der Waals surface area contributed by atoms with Gasteiger partial charge in [-0.3, -0.25) is 0 Å². The molecule has 94 valence electrons. The molecule has 4 nitrogen and oxygen atoms in total. The number of halogens is 1. The number of rotatable bonds is 4. The van der Waals surface area contributed by atoms with E-state index in [9.17, 15) is 0 Å². The number of nitrogens with zero attached hydrogens (tertiary/aromatic N) is 3. The van der Waals surface area contributed by atoms with E-state index in [-0.39, 0.29) is 5.28 Å². The number of ether oxygens (including phenoxy) is 1. The van der Waals surface area contributed by atoms with Crippen molar-refractivity contribution >= 4 is 17.4 Å². The quantitative estimate of drug-likeness (QED) is 0.795. The third-order valence-electron chi connectivity index (χ3n) is 2.56. The maximum absolute atomic E-state index is 5.77. The zero-order chi connectivity index (χ0) is 13.0. The van der Waals surface area contributed by atoms with Crippen LogP contribution >= 0.6 is 11.6 Å². The van der Waals surface area contributed by atoms with E-state index in [1.807, 2.05) is 42.3 Å². The van der Waals surface area contributed by atoms with E-state index in [2.05, 4.69) is 9.97 Å². The number of benzene rings is 1. The summed E-state index contributed by atoms with van der Waals surface area (Å²) in [5.41, 5.74) is 1.14. The lowest BCUT2D eigenvalue weighted by atomic mass is 10.2. The summed E-state index contributed by atoms with van der Waals surface area (Å²) in [5, 5.41) is 0.255. The van der Waals surface area contributed by atoms with Crippen LogP contribution in [0.4, 0.5) is 5.82 Å². The maximum Gasteiger partial charge on any atom is 0.224 e. The average molecular weight is 264 g/mol. The second-order valence-corrected chi connectivity index (χ2v) is 4.23. The molecule has 0 aliphatic carbocycles. The average Bonchev–Trinajstić information content (AvgIpc) is 2.39. The number of hydrogen-bond acceptors (Lipinski definition) is 4. The highest BCUT2D eigenvalue weighted by molar-refractivity contribution is 6.28. The Hall–Kier alpha value is -1.81. The van der Waals surface area contributed by atoms with Crippen LogP contribution in [0.2, 0.25) is 5.28 Å². The van der Waals surface area contributed by atoms with Gasteiger partial charge in [0.2, 0.25) is 5.28 Å². The van der Waals surface area contributed by atoms with Crippen LogP contribution in [0.3, 0.4) is 0 Å². The van der Waals surface area contributed by atoms with Gasteiger partial charge in [-0.25, -0.2) is 9.97 Å². The van der Waals surface area contributed by atoms with Gasteiger partial charge in [-0.1, -0.05) is 12.1 Å². The van der Waals surface area contributed by atoms with Gasteiger partial charge in [0, 0.05) is 19.8 Å². The number of methoxy groups -OCH3 is 1. The lowest BCUT2D eigenvalue weighted by molar-refractivity contribution is 0.414. The Morgan fingerprint density at radius 3 is 2.89 bits per heavy atom. The Bertz CT molecular complexity index is 533. The van der Waals surface area contributed by atoms with Crippen molar-refractivity contribution in [1.82, 2.24) is 9.97 Å². The summed E-state index contributed by atoms with van der Waals surface area (Å²) in [4.78, 5) is 10.0. The first kappa shape index (κ1) is 12.6. The Kier molecular flexibility index (Phi) is 3.99. The first-order valence-corrected chi connectivity index (χ1v) is 5.89. The Morgan fingerprint density at radius 1 is 1.33 bits per heavy atom. The molecule has 1 heterocycles. The zero-order valence-electron chi connectivity index (χ0n) is 10.3. The van der Waals surface area contributed by atoms with Gasteiger partial charge in [0.25, 0.3) is 0 Å². The Balaban J connectivity index is 2.13. The summed E-state index contributed by atoms with van der Waals surface area (Å²) in [6.45, 7) is 0.727. The minimum absolute atomic E-state index is 0.255. The molecule has 0 atom stereocenters. The van der Waals surface area contributed by atoms with Crippen molar-refractivity contribution in [2.75, 3.05) is 19.1 Å². The van der Waals surface area contributed by atoms with Crippen LogP contribution in [0.1, 0.15) is 5.56 Å². The molecule has 18 heavy (non-hydrogen) atoms. The van der Waals surface area contributed by atoms with Gasteiger partial charge in [-0.05, 0) is 35.4 Å². The zero-order valence-corrected chi connectivity index (χ0v) is 11.1. The van der Waals surface area contributed by atoms with E-state index in [0.717, 1.165) is 23.7 Å². The minimum atomic E-state index is 0.255. The molecule has 0 N–H and O–H groups in total. The van der Waals surface area contributed by atoms with Gasteiger partial charge in [0.1, 0.15) is 11.6 Å². The summed E-state index contributed by atoms with van der Waals surface area (Å²) in [5.74, 6) is 1.64. The molecule has 2 aromatic rings. The predicted octanol–water partition coefficient (Wildman–Crippen LogP) is 2.78. The first-order valence-electron chi connectivity index (χ1n) is 5.51. The first-order chi connectivity index (χ1) is 8.69.